The summed E-state index contributed by atoms with van der Waals surface area (Å²) in [4.78, 5) is 64.3. The van der Waals surface area contributed by atoms with E-state index in [1.54, 1.807) is 13.2 Å². The minimum Gasteiger partial charge on any atom is -0.504 e. The summed E-state index contributed by atoms with van der Waals surface area (Å²) in [5, 5.41) is 58.1. The Bertz CT molecular complexity index is 2160. The second-order valence-corrected chi connectivity index (χ2v) is 18.3. The number of hydrogen-bond donors (Lipinski definition) is 6. The molecular formula is C47H59N3O13S. The van der Waals surface area contributed by atoms with Gasteiger partial charge < -0.3 is 49.9 Å². The number of rotatable bonds is 15. The molecule has 3 fully saturated rings. The Labute approximate surface area is 376 Å². The molecule has 8 rings (SSSR count). The van der Waals surface area contributed by atoms with E-state index in [0.717, 1.165) is 68.8 Å². The molecule has 1 aromatic heterocycles. The number of thiophene rings is 1. The molecule has 3 aromatic rings. The standard InChI is InChI=1S/C22H30N2O2S.C19H21NO4.C6H8O7/c1-3-21(25)24(19-8-5-4-6-9-19)22(18-26-2)12-15-23(16-13-22)14-11-20-10-7-17-27-20;1-2-8-20-9-7-18-15-11-3-4-12(21)16(15)24-17(18)13(22)5-6-19(18,23)14(20)10-11;7-3(8)1-6(13,5(11)12)2-4(9)10/h4-10,17H,3,11-16,18H2,1-2H3;2-4,14,17,21,23H,1,5-10H2;13H,1-2H2,(H,7,8)(H,9,10)(H,11,12)/t;14-,17+,18+,19-;/m.1./s1. The Hall–Kier alpha value is -5.17. The van der Waals surface area contributed by atoms with Crippen LogP contribution in [0.25, 0.3) is 0 Å². The molecular weight excluding hydrogens is 847 g/mol. The predicted molar refractivity (Wildman–Crippen MR) is 237 cm³/mol. The highest BCUT2D eigenvalue weighted by Gasteiger charge is 2.73. The maximum atomic E-state index is 12.9. The predicted octanol–water partition coefficient (Wildman–Crippen LogP) is 4.27. The molecule has 2 bridgehead atoms. The van der Waals surface area contributed by atoms with Crippen molar-refractivity contribution in [1.29, 1.82) is 0 Å². The fourth-order valence-electron chi connectivity index (χ4n) is 10.5. The van der Waals surface area contributed by atoms with Crippen LogP contribution in [0.5, 0.6) is 11.5 Å². The zero-order valence-corrected chi connectivity index (χ0v) is 37.1. The molecule has 4 atom stereocenters. The van der Waals surface area contributed by atoms with Gasteiger partial charge in [-0.05, 0) is 73.7 Å². The number of likely N-dealkylation sites (tertiary alicyclic amines) is 2. The van der Waals surface area contributed by atoms with E-state index in [4.69, 9.17) is 29.9 Å². The van der Waals surface area contributed by atoms with Gasteiger partial charge in [0.05, 0.1) is 36.0 Å². The number of aliphatic hydroxyl groups is 2. The van der Waals surface area contributed by atoms with Crippen LogP contribution in [0, 0.1) is 0 Å². The number of para-hydroxylation sites is 1. The number of Topliss-reactive ketones (excluding diaryl/α,β-unsaturated/α-hetero) is 1. The highest BCUT2D eigenvalue weighted by molar-refractivity contribution is 7.09. The average Bonchev–Trinajstić information content (AvgIpc) is 3.91. The lowest BCUT2D eigenvalue weighted by atomic mass is 9.49. The number of ketones is 1. The summed E-state index contributed by atoms with van der Waals surface area (Å²) in [5.41, 5.74) is -1.76. The molecule has 346 valence electrons. The van der Waals surface area contributed by atoms with Crippen LogP contribution >= 0.6 is 11.3 Å². The largest absolute Gasteiger partial charge is 0.504 e. The SMILES string of the molecule is C=CCN1CC[C@]23c4c5ccc(O)c4O[C@H]2C(=O)CC[C@@]3(O)[C@H]1C5.CCC(=O)N(c1ccccc1)C1(COC)CCN(CCc2cccs2)CC1.O=C(O)CC(O)(CC(=O)O)C(=O)O. The number of nitrogens with zero attached hydrogens (tertiary/aromatic N) is 3. The number of phenolic OH excluding ortho intramolecular Hbond substituents is 1. The van der Waals surface area contributed by atoms with Gasteiger partial charge in [0.15, 0.2) is 29.0 Å². The first-order chi connectivity index (χ1) is 30.5. The molecule has 0 radical (unpaired) electrons. The first-order valence-corrected chi connectivity index (χ1v) is 22.5. The molecule has 3 aliphatic heterocycles. The fourth-order valence-corrected chi connectivity index (χ4v) is 11.2. The lowest BCUT2D eigenvalue weighted by Crippen LogP contribution is -2.76. The van der Waals surface area contributed by atoms with Crippen LogP contribution in [-0.2, 0) is 47.0 Å². The smallest absolute Gasteiger partial charge is 0.336 e. The molecule has 6 N–H and O–H groups in total. The number of benzene rings is 2. The third kappa shape index (κ3) is 9.32. The summed E-state index contributed by atoms with van der Waals surface area (Å²) in [6, 6.07) is 17.9. The lowest BCUT2D eigenvalue weighted by Gasteiger charge is -2.62. The van der Waals surface area contributed by atoms with Crippen LogP contribution in [0.1, 0.15) is 74.3 Å². The third-order valence-electron chi connectivity index (χ3n) is 13.5. The van der Waals surface area contributed by atoms with E-state index in [9.17, 15) is 34.2 Å². The topological polar surface area (TPSA) is 235 Å². The van der Waals surface area contributed by atoms with Crippen molar-refractivity contribution in [3.63, 3.8) is 0 Å². The number of aliphatic carboxylic acids is 3. The number of carboxylic acid groups (broad SMARTS) is 3. The molecule has 1 amide bonds. The van der Waals surface area contributed by atoms with Gasteiger partial charge in [0.1, 0.15) is 0 Å². The lowest BCUT2D eigenvalue weighted by molar-refractivity contribution is -0.187. The van der Waals surface area contributed by atoms with Crippen molar-refractivity contribution < 1.29 is 64.1 Å². The van der Waals surface area contributed by atoms with Crippen molar-refractivity contribution in [1.82, 2.24) is 9.80 Å². The van der Waals surface area contributed by atoms with Crippen molar-refractivity contribution >= 4 is 46.6 Å². The molecule has 2 saturated heterocycles. The van der Waals surface area contributed by atoms with Crippen LogP contribution in [-0.4, -0.2) is 145 Å². The Morgan fingerprint density at radius 2 is 1.67 bits per heavy atom. The highest BCUT2D eigenvalue weighted by Crippen LogP contribution is 2.64. The maximum absolute atomic E-state index is 12.9. The van der Waals surface area contributed by atoms with Gasteiger partial charge in [-0.25, -0.2) is 4.79 Å². The molecule has 64 heavy (non-hydrogen) atoms. The molecule has 4 heterocycles. The van der Waals surface area contributed by atoms with Gasteiger partial charge in [0, 0.05) is 74.8 Å². The van der Waals surface area contributed by atoms with E-state index in [2.05, 4.69) is 33.9 Å². The van der Waals surface area contributed by atoms with Gasteiger partial charge in [0.2, 0.25) is 5.91 Å². The number of carbonyl (C=O) groups is 5. The van der Waals surface area contributed by atoms with Crippen LogP contribution in [0.15, 0.2) is 72.6 Å². The number of phenols is 1. The Morgan fingerprint density at radius 3 is 2.25 bits per heavy atom. The second kappa shape index (κ2) is 19.9. The number of methoxy groups -OCH3 is 1. The van der Waals surface area contributed by atoms with Crippen molar-refractivity contribution in [2.45, 2.75) is 105 Å². The molecule has 17 heteroatoms. The normalized spacial score (nSPS) is 24.1. The van der Waals surface area contributed by atoms with Crippen molar-refractivity contribution in [3.05, 3.63) is 88.6 Å². The number of carboxylic acids is 3. The Balaban J connectivity index is 0.000000169. The zero-order valence-electron chi connectivity index (χ0n) is 36.3. The molecule has 1 saturated carbocycles. The van der Waals surface area contributed by atoms with Gasteiger partial charge in [-0.1, -0.05) is 43.3 Å². The summed E-state index contributed by atoms with van der Waals surface area (Å²) >= 11 is 1.83. The van der Waals surface area contributed by atoms with Crippen LogP contribution in [0.4, 0.5) is 5.69 Å². The molecule has 2 aliphatic carbocycles. The van der Waals surface area contributed by atoms with Crippen LogP contribution < -0.4 is 9.64 Å². The van der Waals surface area contributed by atoms with E-state index >= 15 is 0 Å². The molecule has 0 unspecified atom stereocenters. The summed E-state index contributed by atoms with van der Waals surface area (Å²) in [6.07, 6.45) is 4.54. The zero-order chi connectivity index (χ0) is 46.5. The number of ether oxygens (including phenoxy) is 2. The van der Waals surface area contributed by atoms with E-state index in [0.29, 0.717) is 44.5 Å². The average molecular weight is 906 g/mol. The van der Waals surface area contributed by atoms with Crippen LogP contribution in [0.3, 0.4) is 0 Å². The molecule has 16 nitrogen and oxygen atoms in total. The third-order valence-corrected chi connectivity index (χ3v) is 14.4. The van der Waals surface area contributed by atoms with Crippen molar-refractivity contribution in [3.8, 4) is 11.5 Å². The fraction of sp³-hybridized carbons (Fsp3) is 0.511. The van der Waals surface area contributed by atoms with Gasteiger partial charge in [-0.3, -0.25) is 24.1 Å². The van der Waals surface area contributed by atoms with E-state index in [1.807, 2.05) is 65.6 Å². The Kier molecular flexibility index (Phi) is 15.0. The maximum Gasteiger partial charge on any atom is 0.336 e. The van der Waals surface area contributed by atoms with Crippen LogP contribution in [0.2, 0.25) is 0 Å². The molecule has 5 aliphatic rings. The van der Waals surface area contributed by atoms with Gasteiger partial charge in [-0.15, -0.1) is 17.9 Å². The van der Waals surface area contributed by atoms with Gasteiger partial charge in [0.25, 0.3) is 0 Å². The van der Waals surface area contributed by atoms with Gasteiger partial charge in [-0.2, -0.15) is 0 Å². The first-order valence-electron chi connectivity index (χ1n) is 21.6. The molecule has 2 aromatic carbocycles. The number of piperidine rings is 2. The Morgan fingerprint density at radius 1 is 0.984 bits per heavy atom. The second-order valence-electron chi connectivity index (χ2n) is 17.3. The quantitative estimate of drug-likeness (QED) is 0.117. The molecule has 1 spiro atoms. The summed E-state index contributed by atoms with van der Waals surface area (Å²) in [5.74, 6) is -4.32. The number of carbonyl (C=O) groups excluding carboxylic acids is 2. The van der Waals surface area contributed by atoms with E-state index in [-0.39, 0.29) is 29.0 Å². The number of anilines is 1. The highest BCUT2D eigenvalue weighted by atomic mass is 32.1. The minimum absolute atomic E-state index is 0.0408. The first kappa shape index (κ1) is 48.3. The number of hydrogen-bond acceptors (Lipinski definition) is 13. The number of aromatic hydroxyl groups is 1. The van der Waals surface area contributed by atoms with Crippen molar-refractivity contribution in [2.75, 3.05) is 51.3 Å². The van der Waals surface area contributed by atoms with E-state index < -0.39 is 53.5 Å². The summed E-state index contributed by atoms with van der Waals surface area (Å²) < 4.78 is 11.6. The number of amides is 1. The minimum atomic E-state index is -2.74. The van der Waals surface area contributed by atoms with E-state index in [1.165, 1.54) is 4.88 Å². The van der Waals surface area contributed by atoms with Crippen molar-refractivity contribution in [2.24, 2.45) is 0 Å². The monoisotopic (exact) mass is 905 g/mol. The summed E-state index contributed by atoms with van der Waals surface area (Å²) in [7, 11) is 1.74. The summed E-state index contributed by atoms with van der Waals surface area (Å²) in [6.45, 7) is 10.9. The van der Waals surface area contributed by atoms with Gasteiger partial charge >= 0.3 is 17.9 Å².